The van der Waals surface area contributed by atoms with E-state index in [-0.39, 0.29) is 13.0 Å². The SMILES string of the molecule is COc1cc(CCNC(=O)C(F)(F)F)c2c(c1OC)SSSSS2. The Morgan fingerprint density at radius 1 is 1.12 bits per heavy atom. The van der Waals surface area contributed by atoms with E-state index in [1.165, 1.54) is 28.7 Å². The molecule has 4 nitrogen and oxygen atoms in total. The van der Waals surface area contributed by atoms with Crippen LogP contribution in [0.1, 0.15) is 5.56 Å². The number of methoxy groups -OCH3 is 2. The van der Waals surface area contributed by atoms with E-state index in [2.05, 4.69) is 0 Å². The van der Waals surface area contributed by atoms with Gasteiger partial charge in [-0.3, -0.25) is 4.79 Å². The number of benzene rings is 1. The first-order valence-corrected chi connectivity index (χ1v) is 12.5. The Morgan fingerprint density at radius 3 is 2.38 bits per heavy atom. The van der Waals surface area contributed by atoms with Crippen LogP contribution in [0.5, 0.6) is 11.5 Å². The molecule has 12 heteroatoms. The quantitative estimate of drug-likeness (QED) is 0.650. The number of alkyl halides is 3. The summed E-state index contributed by atoms with van der Waals surface area (Å²) in [6.45, 7) is -0.115. The van der Waals surface area contributed by atoms with Gasteiger partial charge in [-0.05, 0) is 69.1 Å². The van der Waals surface area contributed by atoms with E-state index in [0.717, 1.165) is 15.4 Å². The fourth-order valence-electron chi connectivity index (χ4n) is 1.87. The number of halogens is 3. The summed E-state index contributed by atoms with van der Waals surface area (Å²) in [5, 5.41) is 1.89. The van der Waals surface area contributed by atoms with Gasteiger partial charge < -0.3 is 14.8 Å². The van der Waals surface area contributed by atoms with Crippen molar-refractivity contribution in [2.45, 2.75) is 22.4 Å². The first kappa shape index (κ1) is 20.1. The van der Waals surface area contributed by atoms with Gasteiger partial charge in [-0.1, -0.05) is 0 Å². The molecule has 0 aromatic heterocycles. The maximum atomic E-state index is 12.3. The van der Waals surface area contributed by atoms with Crippen molar-refractivity contribution in [1.29, 1.82) is 0 Å². The topological polar surface area (TPSA) is 47.6 Å². The summed E-state index contributed by atoms with van der Waals surface area (Å²) in [4.78, 5) is 12.7. The molecule has 1 aromatic carbocycles. The van der Waals surface area contributed by atoms with Gasteiger partial charge >= 0.3 is 12.1 Å². The van der Waals surface area contributed by atoms with Crippen LogP contribution in [0.3, 0.4) is 0 Å². The highest BCUT2D eigenvalue weighted by Gasteiger charge is 2.38. The monoisotopic (exact) mass is 435 g/mol. The maximum absolute atomic E-state index is 12.3. The summed E-state index contributed by atoms with van der Waals surface area (Å²) in [5.41, 5.74) is 0.804. The summed E-state index contributed by atoms with van der Waals surface area (Å²) in [5.74, 6) is -0.820. The fraction of sp³-hybridized carbons (Fsp3) is 0.417. The molecule has 0 aliphatic carbocycles. The number of fused-ring (bicyclic) bond motifs is 1. The molecule has 1 aromatic rings. The number of hydrogen-bond acceptors (Lipinski definition) is 8. The molecular weight excluding hydrogens is 423 g/mol. The number of ether oxygens (including phenoxy) is 2. The lowest BCUT2D eigenvalue weighted by molar-refractivity contribution is -0.173. The van der Waals surface area contributed by atoms with Gasteiger partial charge in [-0.2, -0.15) is 13.2 Å². The van der Waals surface area contributed by atoms with Crippen LogP contribution in [0.2, 0.25) is 0 Å². The van der Waals surface area contributed by atoms with Gasteiger partial charge in [0.1, 0.15) is 0 Å². The Morgan fingerprint density at radius 2 is 1.79 bits per heavy atom. The molecule has 0 atom stereocenters. The minimum absolute atomic E-state index is 0.115. The highest BCUT2D eigenvalue weighted by atomic mass is 33.8. The molecule has 0 fully saturated rings. The van der Waals surface area contributed by atoms with Crippen LogP contribution in [0.4, 0.5) is 13.2 Å². The van der Waals surface area contributed by atoms with Crippen molar-refractivity contribution in [3.8, 4) is 11.5 Å². The Labute approximate surface area is 155 Å². The van der Waals surface area contributed by atoms with Crippen molar-refractivity contribution in [1.82, 2.24) is 5.32 Å². The van der Waals surface area contributed by atoms with E-state index < -0.39 is 12.1 Å². The molecule has 0 bridgehead atoms. The minimum atomic E-state index is -4.87. The Kier molecular flexibility index (Phi) is 7.53. The molecule has 24 heavy (non-hydrogen) atoms. The van der Waals surface area contributed by atoms with Crippen LogP contribution in [0.15, 0.2) is 15.9 Å². The summed E-state index contributed by atoms with van der Waals surface area (Å²) in [7, 11) is 10.8. The van der Waals surface area contributed by atoms with E-state index in [1.54, 1.807) is 42.7 Å². The average Bonchev–Trinajstić information content (AvgIpc) is 2.79. The summed E-state index contributed by atoms with van der Waals surface area (Å²) in [6.07, 6.45) is -4.61. The van der Waals surface area contributed by atoms with E-state index in [0.29, 0.717) is 11.5 Å². The number of rotatable bonds is 5. The zero-order chi connectivity index (χ0) is 17.7. The highest BCUT2D eigenvalue weighted by Crippen LogP contribution is 2.63. The van der Waals surface area contributed by atoms with Gasteiger partial charge in [0.05, 0.1) is 19.1 Å². The van der Waals surface area contributed by atoms with Crippen LogP contribution in [0, 0.1) is 0 Å². The van der Waals surface area contributed by atoms with Crippen molar-refractivity contribution < 1.29 is 27.4 Å². The van der Waals surface area contributed by atoms with E-state index in [9.17, 15) is 18.0 Å². The summed E-state index contributed by atoms with van der Waals surface area (Å²) >= 11 is 0. The third-order valence-electron chi connectivity index (χ3n) is 2.88. The first-order valence-electron chi connectivity index (χ1n) is 6.36. The third-order valence-corrected chi connectivity index (χ3v) is 11.4. The fourth-order valence-corrected chi connectivity index (χ4v) is 11.1. The number of carbonyl (C=O) groups excluding carboxylic acids is 1. The second-order valence-electron chi connectivity index (χ2n) is 4.30. The predicted molar refractivity (Wildman–Crippen MR) is 96.8 cm³/mol. The zero-order valence-electron chi connectivity index (χ0n) is 12.4. The Hall–Kier alpha value is -0.170. The molecule has 0 unspecified atom stereocenters. The normalized spacial score (nSPS) is 14.5. The molecule has 1 heterocycles. The molecule has 0 saturated heterocycles. The first-order chi connectivity index (χ1) is 11.4. The predicted octanol–water partition coefficient (Wildman–Crippen LogP) is 4.98. The molecule has 134 valence electrons. The second kappa shape index (κ2) is 8.97. The molecule has 1 amide bonds. The Bertz CT molecular complexity index is 615. The summed E-state index contributed by atoms with van der Waals surface area (Å²) in [6, 6.07) is 1.74. The zero-order valence-corrected chi connectivity index (χ0v) is 16.5. The molecule has 1 aliphatic rings. The van der Waals surface area contributed by atoms with Gasteiger partial charge in [-0.15, -0.1) is 0 Å². The maximum Gasteiger partial charge on any atom is 0.471 e. The average molecular weight is 436 g/mol. The molecule has 1 aliphatic heterocycles. The molecule has 0 spiro atoms. The van der Waals surface area contributed by atoms with Gasteiger partial charge in [0.15, 0.2) is 11.5 Å². The molecule has 0 saturated carbocycles. The van der Waals surface area contributed by atoms with Gasteiger partial charge in [0.2, 0.25) is 0 Å². The lowest BCUT2D eigenvalue weighted by Crippen LogP contribution is -2.37. The van der Waals surface area contributed by atoms with Crippen LogP contribution in [0.25, 0.3) is 0 Å². The van der Waals surface area contributed by atoms with Crippen molar-refractivity contribution in [2.24, 2.45) is 0 Å². The lowest BCUT2D eigenvalue weighted by Gasteiger charge is -2.17. The van der Waals surface area contributed by atoms with Crippen LogP contribution in [-0.2, 0) is 11.2 Å². The lowest BCUT2D eigenvalue weighted by atomic mass is 10.1. The number of hydrogen-bond donors (Lipinski definition) is 1. The van der Waals surface area contributed by atoms with Gasteiger partial charge in [-0.25, -0.2) is 0 Å². The highest BCUT2D eigenvalue weighted by molar-refractivity contribution is 9.36. The van der Waals surface area contributed by atoms with Crippen LogP contribution in [-0.4, -0.2) is 32.8 Å². The minimum Gasteiger partial charge on any atom is -0.493 e. The van der Waals surface area contributed by atoms with Crippen LogP contribution >= 0.6 is 51.1 Å². The van der Waals surface area contributed by atoms with E-state index >= 15 is 0 Å². The third kappa shape index (κ3) is 4.93. The number of amides is 1. The van der Waals surface area contributed by atoms with Crippen LogP contribution < -0.4 is 14.8 Å². The van der Waals surface area contributed by atoms with E-state index in [1.807, 2.05) is 5.32 Å². The van der Waals surface area contributed by atoms with Crippen molar-refractivity contribution in [3.63, 3.8) is 0 Å². The van der Waals surface area contributed by atoms with Gasteiger partial charge in [0, 0.05) is 11.4 Å². The molecule has 0 radical (unpaired) electrons. The Balaban J connectivity index is 2.24. The van der Waals surface area contributed by atoms with Crippen molar-refractivity contribution in [2.75, 3.05) is 20.8 Å². The summed E-state index contributed by atoms with van der Waals surface area (Å²) < 4.78 is 47.5. The number of carbonyl (C=O) groups is 1. The molecular formula is C12H12F3NO3S5. The molecule has 2 rings (SSSR count). The van der Waals surface area contributed by atoms with Crippen molar-refractivity contribution >= 4 is 57.0 Å². The molecule has 1 N–H and O–H groups in total. The second-order valence-corrected chi connectivity index (χ2v) is 11.8. The smallest absolute Gasteiger partial charge is 0.471 e. The standard InChI is InChI=1S/C12H12F3NO3S5/c1-18-7-5-6(3-4-16-11(17)12(13,14)15)9-10(8(7)19-2)21-23-24-22-20-9/h5H,3-4H2,1-2H3,(H,16,17). The number of nitrogens with one attached hydrogen (secondary N) is 1. The van der Waals surface area contributed by atoms with E-state index in [4.69, 9.17) is 9.47 Å². The van der Waals surface area contributed by atoms with Crippen molar-refractivity contribution in [3.05, 3.63) is 11.6 Å². The largest absolute Gasteiger partial charge is 0.493 e. The van der Waals surface area contributed by atoms with Gasteiger partial charge in [0.25, 0.3) is 0 Å².